The van der Waals surface area contributed by atoms with Gasteiger partial charge in [-0.15, -0.1) is 0 Å². The number of benzene rings is 2. The van der Waals surface area contributed by atoms with Gasteiger partial charge < -0.3 is 14.8 Å². The van der Waals surface area contributed by atoms with Crippen molar-refractivity contribution in [2.45, 2.75) is 33.0 Å². The zero-order valence-corrected chi connectivity index (χ0v) is 15.0. The molecule has 2 aromatic carbocycles. The van der Waals surface area contributed by atoms with Crippen molar-refractivity contribution >= 4 is 27.5 Å². The van der Waals surface area contributed by atoms with Crippen LogP contribution in [0.3, 0.4) is 0 Å². The molecule has 4 nitrogen and oxygen atoms in total. The maximum Gasteiger partial charge on any atom is 0.265 e. The molecule has 0 radical (unpaired) electrons. The maximum absolute atomic E-state index is 12.2. The van der Waals surface area contributed by atoms with Crippen LogP contribution >= 0.6 is 15.9 Å². The van der Waals surface area contributed by atoms with Crippen molar-refractivity contribution in [1.82, 2.24) is 0 Å². The second-order valence-corrected chi connectivity index (χ2v) is 6.31. The molecule has 0 heterocycles. The highest BCUT2D eigenvalue weighted by Gasteiger charge is 2.15. The van der Waals surface area contributed by atoms with Gasteiger partial charge in [0.1, 0.15) is 11.5 Å². The van der Waals surface area contributed by atoms with Gasteiger partial charge in [0.2, 0.25) is 0 Å². The van der Waals surface area contributed by atoms with Gasteiger partial charge in [-0.3, -0.25) is 4.79 Å². The topological polar surface area (TPSA) is 47.6 Å². The lowest BCUT2D eigenvalue weighted by atomic mass is 10.2. The Morgan fingerprint density at radius 3 is 2.30 bits per heavy atom. The third-order valence-electron chi connectivity index (χ3n) is 2.97. The highest BCUT2D eigenvalue weighted by Crippen LogP contribution is 2.20. The highest BCUT2D eigenvalue weighted by molar-refractivity contribution is 9.10. The number of anilines is 1. The summed E-state index contributed by atoms with van der Waals surface area (Å²) in [7, 11) is 0. The van der Waals surface area contributed by atoms with Gasteiger partial charge in [-0.25, -0.2) is 0 Å². The molecular formula is C18H20BrNO3. The van der Waals surface area contributed by atoms with E-state index in [1.54, 1.807) is 19.1 Å². The second-order valence-electron chi connectivity index (χ2n) is 5.40. The molecule has 0 aliphatic heterocycles. The molecule has 2 aromatic rings. The van der Waals surface area contributed by atoms with Gasteiger partial charge in [-0.05, 0) is 63.2 Å². The van der Waals surface area contributed by atoms with Crippen molar-refractivity contribution in [3.8, 4) is 11.5 Å². The molecule has 0 aliphatic carbocycles. The molecule has 23 heavy (non-hydrogen) atoms. The van der Waals surface area contributed by atoms with Crippen molar-refractivity contribution in [2.24, 2.45) is 0 Å². The van der Waals surface area contributed by atoms with Crippen LogP contribution in [0.15, 0.2) is 53.0 Å². The summed E-state index contributed by atoms with van der Waals surface area (Å²) in [5.74, 6) is 1.21. The van der Waals surface area contributed by atoms with Gasteiger partial charge in [0.05, 0.1) is 6.10 Å². The number of hydrogen-bond donors (Lipinski definition) is 1. The normalized spacial score (nSPS) is 11.9. The molecule has 0 saturated heterocycles. The molecule has 5 heteroatoms. The molecule has 2 rings (SSSR count). The average molecular weight is 378 g/mol. The molecule has 0 bridgehead atoms. The monoisotopic (exact) mass is 377 g/mol. The molecule has 0 spiro atoms. The quantitative estimate of drug-likeness (QED) is 0.797. The Bertz CT molecular complexity index is 656. The van der Waals surface area contributed by atoms with Gasteiger partial charge in [0.15, 0.2) is 6.10 Å². The average Bonchev–Trinajstić information content (AvgIpc) is 2.48. The third kappa shape index (κ3) is 5.60. The van der Waals surface area contributed by atoms with Crippen molar-refractivity contribution in [1.29, 1.82) is 0 Å². The first-order valence-electron chi connectivity index (χ1n) is 7.44. The van der Waals surface area contributed by atoms with E-state index < -0.39 is 6.10 Å². The SMILES string of the molecule is CC(C)Oc1ccc(NC(=O)[C@H](C)Oc2cccc(Br)c2)cc1. The summed E-state index contributed by atoms with van der Waals surface area (Å²) in [5.41, 5.74) is 0.704. The van der Waals surface area contributed by atoms with Gasteiger partial charge in [0.25, 0.3) is 5.91 Å². The number of halogens is 1. The Morgan fingerprint density at radius 1 is 1.00 bits per heavy atom. The van der Waals surface area contributed by atoms with Crippen LogP contribution in [0.2, 0.25) is 0 Å². The minimum atomic E-state index is -0.601. The maximum atomic E-state index is 12.2. The molecule has 1 atom stereocenters. The van der Waals surface area contributed by atoms with Gasteiger partial charge in [-0.1, -0.05) is 22.0 Å². The number of ether oxygens (including phenoxy) is 2. The van der Waals surface area contributed by atoms with Crippen LogP contribution in [-0.4, -0.2) is 18.1 Å². The van der Waals surface area contributed by atoms with E-state index in [4.69, 9.17) is 9.47 Å². The summed E-state index contributed by atoms with van der Waals surface area (Å²) in [6, 6.07) is 14.7. The van der Waals surface area contributed by atoms with Crippen LogP contribution in [0.1, 0.15) is 20.8 Å². The fourth-order valence-corrected chi connectivity index (χ4v) is 2.31. The minimum Gasteiger partial charge on any atom is -0.491 e. The van der Waals surface area contributed by atoms with Crippen LogP contribution in [0.25, 0.3) is 0 Å². The van der Waals surface area contributed by atoms with E-state index >= 15 is 0 Å². The Hall–Kier alpha value is -2.01. The lowest BCUT2D eigenvalue weighted by Crippen LogP contribution is -2.30. The van der Waals surface area contributed by atoms with Crippen molar-refractivity contribution in [3.63, 3.8) is 0 Å². The van der Waals surface area contributed by atoms with E-state index in [9.17, 15) is 4.79 Å². The summed E-state index contributed by atoms with van der Waals surface area (Å²) in [4.78, 5) is 12.2. The third-order valence-corrected chi connectivity index (χ3v) is 3.47. The van der Waals surface area contributed by atoms with Crippen LogP contribution in [0, 0.1) is 0 Å². The molecule has 0 unspecified atom stereocenters. The zero-order valence-electron chi connectivity index (χ0n) is 13.4. The van der Waals surface area contributed by atoms with Crippen molar-refractivity contribution in [2.75, 3.05) is 5.32 Å². The Balaban J connectivity index is 1.92. The fourth-order valence-electron chi connectivity index (χ4n) is 1.93. The van der Waals surface area contributed by atoms with E-state index in [-0.39, 0.29) is 12.0 Å². The Labute approximate surface area is 144 Å². The van der Waals surface area contributed by atoms with Crippen LogP contribution in [0.5, 0.6) is 11.5 Å². The zero-order chi connectivity index (χ0) is 16.8. The largest absolute Gasteiger partial charge is 0.491 e. The summed E-state index contributed by atoms with van der Waals surface area (Å²) < 4.78 is 12.1. The summed E-state index contributed by atoms with van der Waals surface area (Å²) in [6.07, 6.45) is -0.482. The highest BCUT2D eigenvalue weighted by atomic mass is 79.9. The predicted molar refractivity (Wildman–Crippen MR) is 95.1 cm³/mol. The smallest absolute Gasteiger partial charge is 0.265 e. The van der Waals surface area contributed by atoms with Gasteiger partial charge >= 0.3 is 0 Å². The summed E-state index contributed by atoms with van der Waals surface area (Å²) in [5, 5.41) is 2.83. The van der Waals surface area contributed by atoms with E-state index in [0.29, 0.717) is 11.4 Å². The minimum absolute atomic E-state index is 0.119. The molecule has 122 valence electrons. The number of hydrogen-bond acceptors (Lipinski definition) is 3. The molecule has 0 aromatic heterocycles. The predicted octanol–water partition coefficient (Wildman–Crippen LogP) is 4.64. The van der Waals surface area contributed by atoms with E-state index in [1.807, 2.05) is 50.2 Å². The van der Waals surface area contributed by atoms with Gasteiger partial charge in [-0.2, -0.15) is 0 Å². The van der Waals surface area contributed by atoms with Gasteiger partial charge in [0, 0.05) is 10.2 Å². The molecule has 0 aliphatic rings. The Morgan fingerprint density at radius 2 is 1.70 bits per heavy atom. The summed E-state index contributed by atoms with van der Waals surface area (Å²) in [6.45, 7) is 5.65. The first-order valence-corrected chi connectivity index (χ1v) is 8.23. The fraction of sp³-hybridized carbons (Fsp3) is 0.278. The first kappa shape index (κ1) is 17.3. The Kier molecular flexibility index (Phi) is 6.04. The lowest BCUT2D eigenvalue weighted by molar-refractivity contribution is -0.122. The standard InChI is InChI=1S/C18H20BrNO3/c1-12(2)22-16-9-7-15(8-10-16)20-18(21)13(3)23-17-6-4-5-14(19)11-17/h4-13H,1-3H3,(H,20,21)/t13-/m0/s1. The number of carbonyl (C=O) groups excluding carboxylic acids is 1. The molecule has 0 fully saturated rings. The van der Waals surface area contributed by atoms with E-state index in [0.717, 1.165) is 10.2 Å². The van der Waals surface area contributed by atoms with Crippen molar-refractivity contribution in [3.05, 3.63) is 53.0 Å². The second kappa shape index (κ2) is 8.02. The summed E-state index contributed by atoms with van der Waals surface area (Å²) >= 11 is 3.37. The number of nitrogens with one attached hydrogen (secondary N) is 1. The van der Waals surface area contributed by atoms with Crippen LogP contribution in [0.4, 0.5) is 5.69 Å². The van der Waals surface area contributed by atoms with E-state index in [2.05, 4.69) is 21.2 Å². The van der Waals surface area contributed by atoms with Crippen LogP contribution in [-0.2, 0) is 4.79 Å². The molecule has 0 saturated carbocycles. The number of amides is 1. The number of rotatable bonds is 6. The van der Waals surface area contributed by atoms with Crippen molar-refractivity contribution < 1.29 is 14.3 Å². The molecule has 1 amide bonds. The van der Waals surface area contributed by atoms with Crippen LogP contribution < -0.4 is 14.8 Å². The van der Waals surface area contributed by atoms with E-state index in [1.165, 1.54) is 0 Å². The molecular weight excluding hydrogens is 358 g/mol. The first-order chi connectivity index (χ1) is 10.9. The lowest BCUT2D eigenvalue weighted by Gasteiger charge is -2.15. The number of carbonyl (C=O) groups is 1. The molecule has 1 N–H and O–H groups in total.